The maximum atomic E-state index is 7.00. The SMILES string of the molecule is CO.[Mg+2].[O-2]. The third kappa shape index (κ3) is 16.2. The average Bonchev–Trinajstić information content (AvgIpc) is 1.00. The zero-order chi connectivity index (χ0) is 2.00. The van der Waals surface area contributed by atoms with Crippen LogP contribution in [-0.2, 0) is 5.48 Å². The van der Waals surface area contributed by atoms with Crippen molar-refractivity contribution in [3.63, 3.8) is 0 Å². The molecule has 0 unspecified atom stereocenters. The van der Waals surface area contributed by atoms with Crippen LogP contribution in [0.3, 0.4) is 0 Å². The normalized spacial score (nSPS) is 1.50. The van der Waals surface area contributed by atoms with E-state index in [2.05, 4.69) is 0 Å². The fourth-order valence-electron chi connectivity index (χ4n) is 0. The summed E-state index contributed by atoms with van der Waals surface area (Å²) in [5.41, 5.74) is 0. The number of aliphatic hydroxyl groups excluding tert-OH is 1. The Morgan fingerprint density at radius 2 is 1.25 bits per heavy atom. The molecule has 4 heavy (non-hydrogen) atoms. The van der Waals surface area contributed by atoms with E-state index in [-0.39, 0.29) is 28.5 Å². The van der Waals surface area contributed by atoms with Gasteiger partial charge >= 0.3 is 23.1 Å². The fourth-order valence-corrected chi connectivity index (χ4v) is 0. The van der Waals surface area contributed by atoms with Gasteiger partial charge in [0.05, 0.1) is 0 Å². The smallest absolute Gasteiger partial charge is 2.00 e. The predicted molar refractivity (Wildman–Crippen MR) is 14.6 cm³/mol. The first-order chi connectivity index (χ1) is 1.00. The zero-order valence-corrected chi connectivity index (χ0v) is 3.98. The van der Waals surface area contributed by atoms with Crippen LogP contribution in [0.4, 0.5) is 0 Å². The molecule has 22 valence electrons. The molecule has 0 aliphatic heterocycles. The Labute approximate surface area is 41.3 Å². The Bertz CT molecular complexity index is 6.00. The topological polar surface area (TPSA) is 48.7 Å². The molecule has 0 spiro atoms. The van der Waals surface area contributed by atoms with E-state index in [9.17, 15) is 0 Å². The van der Waals surface area contributed by atoms with E-state index in [4.69, 9.17) is 5.11 Å². The Kier molecular flexibility index (Phi) is 316. The molecule has 0 aromatic carbocycles. The average molecular weight is 72.3 g/mol. The molecule has 0 amide bonds. The molecule has 0 atom stereocenters. The van der Waals surface area contributed by atoms with Crippen LogP contribution in [-0.4, -0.2) is 35.3 Å². The molecule has 0 aliphatic rings. The van der Waals surface area contributed by atoms with E-state index >= 15 is 0 Å². The van der Waals surface area contributed by atoms with E-state index in [1.807, 2.05) is 0 Å². The third-order valence-electron chi connectivity index (χ3n) is 0. The van der Waals surface area contributed by atoms with E-state index in [0.29, 0.717) is 0 Å². The standard InChI is InChI=1S/CH4O.Mg.O/c1-2;;/h2H,1H3;;/q;+2;-2. The Hall–Kier alpha value is 0.686. The van der Waals surface area contributed by atoms with Crippen LogP contribution in [0.5, 0.6) is 0 Å². The van der Waals surface area contributed by atoms with Crippen LogP contribution in [0.25, 0.3) is 0 Å². The summed E-state index contributed by atoms with van der Waals surface area (Å²) < 4.78 is 0. The molecule has 0 rings (SSSR count). The maximum absolute atomic E-state index is 7.00. The minimum atomic E-state index is 0. The van der Waals surface area contributed by atoms with Crippen molar-refractivity contribution in [1.29, 1.82) is 0 Å². The summed E-state index contributed by atoms with van der Waals surface area (Å²) in [6.45, 7) is 0. The molecule has 0 heterocycles. The molecule has 0 saturated carbocycles. The van der Waals surface area contributed by atoms with E-state index in [1.165, 1.54) is 0 Å². The third-order valence-corrected chi connectivity index (χ3v) is 0. The monoisotopic (exact) mass is 72.0 g/mol. The molecule has 2 nitrogen and oxygen atoms in total. The maximum Gasteiger partial charge on any atom is 2.00 e. The first-order valence-electron chi connectivity index (χ1n) is 0.447. The van der Waals surface area contributed by atoms with Crippen molar-refractivity contribution in [2.75, 3.05) is 7.11 Å². The van der Waals surface area contributed by atoms with E-state index in [1.54, 1.807) is 0 Å². The first-order valence-corrected chi connectivity index (χ1v) is 0.447. The van der Waals surface area contributed by atoms with Crippen LogP contribution < -0.4 is 0 Å². The van der Waals surface area contributed by atoms with Gasteiger partial charge in [0.15, 0.2) is 0 Å². The van der Waals surface area contributed by atoms with Gasteiger partial charge in [0, 0.05) is 7.11 Å². The number of hydrogen-bond donors (Lipinski definition) is 1. The Morgan fingerprint density at radius 3 is 1.25 bits per heavy atom. The van der Waals surface area contributed by atoms with Crippen LogP contribution >= 0.6 is 0 Å². The first kappa shape index (κ1) is 22.4. The minimum Gasteiger partial charge on any atom is -2.00 e. The van der Waals surface area contributed by atoms with E-state index < -0.39 is 0 Å². The summed E-state index contributed by atoms with van der Waals surface area (Å²) in [5.74, 6) is 0. The summed E-state index contributed by atoms with van der Waals surface area (Å²) >= 11 is 0. The van der Waals surface area contributed by atoms with Crippen LogP contribution in [0.15, 0.2) is 0 Å². The van der Waals surface area contributed by atoms with Crippen molar-refractivity contribution in [1.82, 2.24) is 0 Å². The molecular formula is CH4MgO2. The second-order valence-corrected chi connectivity index (χ2v) is 0. The minimum absolute atomic E-state index is 0. The number of aliphatic hydroxyl groups is 1. The van der Waals surface area contributed by atoms with Crippen molar-refractivity contribution < 1.29 is 10.6 Å². The van der Waals surface area contributed by atoms with Gasteiger partial charge in [-0.25, -0.2) is 0 Å². The van der Waals surface area contributed by atoms with Gasteiger partial charge in [-0.15, -0.1) is 0 Å². The van der Waals surface area contributed by atoms with Crippen LogP contribution in [0.2, 0.25) is 0 Å². The quantitative estimate of drug-likeness (QED) is 0.371. The summed E-state index contributed by atoms with van der Waals surface area (Å²) in [5, 5.41) is 7.00. The largest absolute Gasteiger partial charge is 2.00 e. The molecule has 0 aliphatic carbocycles. The van der Waals surface area contributed by atoms with Crippen LogP contribution in [0, 0.1) is 0 Å². The molecule has 0 radical (unpaired) electrons. The van der Waals surface area contributed by atoms with Crippen molar-refractivity contribution in [3.8, 4) is 0 Å². The van der Waals surface area contributed by atoms with Gasteiger partial charge in [-0.05, 0) is 0 Å². The Morgan fingerprint density at radius 1 is 1.25 bits per heavy atom. The molecule has 0 aromatic rings. The second kappa shape index (κ2) is 56.5. The molecule has 0 bridgehead atoms. The van der Waals surface area contributed by atoms with Gasteiger partial charge in [0.25, 0.3) is 0 Å². The number of hydrogen-bond acceptors (Lipinski definition) is 1. The number of rotatable bonds is 0. The van der Waals surface area contributed by atoms with Crippen LogP contribution in [0.1, 0.15) is 0 Å². The fraction of sp³-hybridized carbons (Fsp3) is 1.00. The molecule has 0 fully saturated rings. The van der Waals surface area contributed by atoms with Gasteiger partial charge in [-0.3, -0.25) is 0 Å². The summed E-state index contributed by atoms with van der Waals surface area (Å²) in [7, 11) is 1.00. The molecular weight excluding hydrogens is 68.3 g/mol. The van der Waals surface area contributed by atoms with Crippen molar-refractivity contribution >= 4 is 23.1 Å². The van der Waals surface area contributed by atoms with Crippen molar-refractivity contribution in [2.24, 2.45) is 0 Å². The second-order valence-electron chi connectivity index (χ2n) is 0. The van der Waals surface area contributed by atoms with Gasteiger partial charge in [-0.2, -0.15) is 0 Å². The molecule has 1 N–H and O–H groups in total. The molecule has 3 heteroatoms. The molecule has 0 saturated heterocycles. The Balaban J connectivity index is -0.00000000500. The van der Waals surface area contributed by atoms with Gasteiger partial charge in [-0.1, -0.05) is 0 Å². The summed E-state index contributed by atoms with van der Waals surface area (Å²) in [6, 6.07) is 0. The molecule has 0 aromatic heterocycles. The van der Waals surface area contributed by atoms with Crippen molar-refractivity contribution in [2.45, 2.75) is 0 Å². The van der Waals surface area contributed by atoms with E-state index in [0.717, 1.165) is 7.11 Å². The van der Waals surface area contributed by atoms with Gasteiger partial charge in [0.2, 0.25) is 0 Å². The van der Waals surface area contributed by atoms with Crippen molar-refractivity contribution in [3.05, 3.63) is 0 Å². The van der Waals surface area contributed by atoms with Gasteiger partial charge < -0.3 is 10.6 Å². The predicted octanol–water partition coefficient (Wildman–Crippen LogP) is -0.891. The summed E-state index contributed by atoms with van der Waals surface area (Å²) in [6.07, 6.45) is 0. The summed E-state index contributed by atoms with van der Waals surface area (Å²) in [4.78, 5) is 0. The van der Waals surface area contributed by atoms with Gasteiger partial charge in [0.1, 0.15) is 0 Å². The zero-order valence-electron chi connectivity index (χ0n) is 2.56.